The number of aromatic nitrogens is 2. The molecule has 0 amide bonds. The number of piperidine rings is 1. The van der Waals surface area contributed by atoms with Crippen LogP contribution < -0.4 is 5.69 Å². The summed E-state index contributed by atoms with van der Waals surface area (Å²) < 4.78 is 3.64. The van der Waals surface area contributed by atoms with E-state index in [-0.39, 0.29) is 11.7 Å². The van der Waals surface area contributed by atoms with Gasteiger partial charge in [-0.25, -0.2) is 4.79 Å². The lowest BCUT2D eigenvalue weighted by molar-refractivity contribution is 0.251. The Hall–Kier alpha value is -1.53. The zero-order valence-electron chi connectivity index (χ0n) is 12.0. The lowest BCUT2D eigenvalue weighted by Gasteiger charge is -2.33. The average molecular weight is 273 g/mol. The Labute approximate surface area is 118 Å². The second-order valence-electron chi connectivity index (χ2n) is 5.60. The van der Waals surface area contributed by atoms with Crippen molar-refractivity contribution in [3.05, 3.63) is 34.7 Å². The number of aryl methyl sites for hydroxylation is 1. The maximum Gasteiger partial charge on any atom is 0.376 e. The number of hydrogen-bond donors (Lipinski definition) is 1. The van der Waals surface area contributed by atoms with Gasteiger partial charge in [-0.15, -0.1) is 0 Å². The predicted octanol–water partition coefficient (Wildman–Crippen LogP) is 1.09. The predicted molar refractivity (Wildman–Crippen MR) is 80.9 cm³/mol. The quantitative estimate of drug-likeness (QED) is 0.833. The SMILES string of the molecule is CB(O)N1CCC(n2c(=O)n(C)c3ccccc32)CC1. The van der Waals surface area contributed by atoms with Crippen molar-refractivity contribution in [3.63, 3.8) is 0 Å². The van der Waals surface area contributed by atoms with Crippen LogP contribution >= 0.6 is 0 Å². The van der Waals surface area contributed by atoms with Gasteiger partial charge in [0.25, 0.3) is 0 Å². The van der Waals surface area contributed by atoms with E-state index < -0.39 is 7.05 Å². The highest BCUT2D eigenvalue weighted by Crippen LogP contribution is 2.25. The molecule has 2 heterocycles. The Morgan fingerprint density at radius 1 is 1.20 bits per heavy atom. The molecule has 3 rings (SSSR count). The van der Waals surface area contributed by atoms with E-state index in [1.54, 1.807) is 11.4 Å². The molecule has 0 saturated carbocycles. The fourth-order valence-corrected chi connectivity index (χ4v) is 3.19. The van der Waals surface area contributed by atoms with Gasteiger partial charge in [0.15, 0.2) is 0 Å². The van der Waals surface area contributed by atoms with Crippen molar-refractivity contribution < 1.29 is 5.02 Å². The van der Waals surface area contributed by atoms with E-state index in [4.69, 9.17) is 0 Å². The van der Waals surface area contributed by atoms with Gasteiger partial charge in [0.1, 0.15) is 0 Å². The molecule has 1 fully saturated rings. The smallest absolute Gasteiger partial charge is 0.376 e. The summed E-state index contributed by atoms with van der Waals surface area (Å²) in [5.41, 5.74) is 2.05. The number of hydrogen-bond acceptors (Lipinski definition) is 3. The molecule has 106 valence electrons. The summed E-state index contributed by atoms with van der Waals surface area (Å²) in [6.45, 7) is 3.46. The molecule has 5 nitrogen and oxygen atoms in total. The standard InChI is InChI=1S/C14H20BN3O2/c1-15(20)17-9-7-11(8-10-17)18-13-6-4-3-5-12(13)16(2)14(18)19/h3-6,11,20H,7-10H2,1-2H3. The van der Waals surface area contributed by atoms with Crippen molar-refractivity contribution >= 4 is 18.1 Å². The lowest BCUT2D eigenvalue weighted by Crippen LogP contribution is -2.44. The van der Waals surface area contributed by atoms with Gasteiger partial charge in [0.05, 0.1) is 11.0 Å². The van der Waals surface area contributed by atoms with E-state index in [1.807, 2.05) is 40.7 Å². The molecular weight excluding hydrogens is 253 g/mol. The fourth-order valence-electron chi connectivity index (χ4n) is 3.19. The third-order valence-corrected chi connectivity index (χ3v) is 4.39. The molecule has 6 heteroatoms. The van der Waals surface area contributed by atoms with Crippen LogP contribution in [0, 0.1) is 0 Å². The molecule has 0 radical (unpaired) electrons. The van der Waals surface area contributed by atoms with Crippen molar-refractivity contribution in [2.45, 2.75) is 25.7 Å². The first-order valence-corrected chi connectivity index (χ1v) is 7.17. The monoisotopic (exact) mass is 273 g/mol. The Morgan fingerprint density at radius 3 is 2.40 bits per heavy atom. The Morgan fingerprint density at radius 2 is 1.80 bits per heavy atom. The minimum absolute atomic E-state index is 0.0571. The lowest BCUT2D eigenvalue weighted by atomic mass is 9.82. The Kier molecular flexibility index (Phi) is 3.44. The van der Waals surface area contributed by atoms with E-state index in [2.05, 4.69) is 0 Å². The minimum atomic E-state index is -0.403. The summed E-state index contributed by atoms with van der Waals surface area (Å²) in [7, 11) is 1.42. The van der Waals surface area contributed by atoms with Gasteiger partial charge in [0.2, 0.25) is 0 Å². The normalized spacial score (nSPS) is 17.8. The molecular formula is C14H20BN3O2. The highest BCUT2D eigenvalue weighted by atomic mass is 16.2. The molecule has 0 aliphatic carbocycles. The average Bonchev–Trinajstić information content (AvgIpc) is 2.72. The zero-order valence-corrected chi connectivity index (χ0v) is 12.0. The molecule has 2 aromatic rings. The topological polar surface area (TPSA) is 50.4 Å². The largest absolute Gasteiger partial charge is 0.437 e. The Bertz CT molecular complexity index is 669. The van der Waals surface area contributed by atoms with Crippen molar-refractivity contribution in [1.29, 1.82) is 0 Å². The van der Waals surface area contributed by atoms with Crippen LogP contribution in [0.3, 0.4) is 0 Å². The molecule has 1 N–H and O–H groups in total. The summed E-state index contributed by atoms with van der Waals surface area (Å²) in [6, 6.07) is 8.16. The van der Waals surface area contributed by atoms with Crippen LogP contribution in [0.4, 0.5) is 0 Å². The summed E-state index contributed by atoms with van der Waals surface area (Å²) in [6.07, 6.45) is 1.80. The molecule has 1 aromatic heterocycles. The molecule has 1 saturated heterocycles. The van der Waals surface area contributed by atoms with Gasteiger partial charge in [-0.05, 0) is 44.9 Å². The number of para-hydroxylation sites is 2. The van der Waals surface area contributed by atoms with Crippen molar-refractivity contribution in [2.24, 2.45) is 7.05 Å². The number of rotatable bonds is 2. The van der Waals surface area contributed by atoms with E-state index in [0.29, 0.717) is 0 Å². The highest BCUT2D eigenvalue weighted by Gasteiger charge is 2.27. The van der Waals surface area contributed by atoms with Gasteiger partial charge >= 0.3 is 12.7 Å². The second-order valence-corrected chi connectivity index (χ2v) is 5.60. The molecule has 20 heavy (non-hydrogen) atoms. The van der Waals surface area contributed by atoms with Crippen LogP contribution in [0.25, 0.3) is 11.0 Å². The first-order valence-electron chi connectivity index (χ1n) is 7.17. The van der Waals surface area contributed by atoms with Gasteiger partial charge in [-0.2, -0.15) is 0 Å². The number of fused-ring (bicyclic) bond motifs is 1. The summed E-state index contributed by atoms with van der Waals surface area (Å²) in [4.78, 5) is 14.5. The molecule has 0 spiro atoms. The summed E-state index contributed by atoms with van der Waals surface area (Å²) in [5, 5.41) is 9.62. The van der Waals surface area contributed by atoms with E-state index >= 15 is 0 Å². The van der Waals surface area contributed by atoms with Gasteiger partial charge < -0.3 is 9.83 Å². The second kappa shape index (κ2) is 5.11. The van der Waals surface area contributed by atoms with Crippen LogP contribution in [0.2, 0.25) is 6.82 Å². The molecule has 0 atom stereocenters. The first-order chi connectivity index (χ1) is 9.59. The van der Waals surface area contributed by atoms with E-state index in [0.717, 1.165) is 37.0 Å². The molecule has 0 bridgehead atoms. The van der Waals surface area contributed by atoms with E-state index in [9.17, 15) is 9.82 Å². The van der Waals surface area contributed by atoms with Crippen LogP contribution in [0.1, 0.15) is 18.9 Å². The third-order valence-electron chi connectivity index (χ3n) is 4.39. The first kappa shape index (κ1) is 13.5. The fraction of sp³-hybridized carbons (Fsp3) is 0.500. The maximum absolute atomic E-state index is 12.5. The summed E-state index contributed by atoms with van der Waals surface area (Å²) in [5.74, 6) is 0. The number of imidazole rings is 1. The van der Waals surface area contributed by atoms with Gasteiger partial charge in [-0.3, -0.25) is 9.13 Å². The van der Waals surface area contributed by atoms with Crippen molar-refractivity contribution in [2.75, 3.05) is 13.1 Å². The summed E-state index contributed by atoms with van der Waals surface area (Å²) >= 11 is 0. The van der Waals surface area contributed by atoms with Crippen LogP contribution in [-0.4, -0.2) is 39.1 Å². The van der Waals surface area contributed by atoms with Crippen LogP contribution in [0.5, 0.6) is 0 Å². The Balaban J connectivity index is 1.96. The molecule has 1 aliphatic rings. The molecule has 1 aliphatic heterocycles. The molecule has 1 aromatic carbocycles. The maximum atomic E-state index is 12.5. The van der Waals surface area contributed by atoms with Gasteiger partial charge in [0, 0.05) is 13.1 Å². The molecule has 0 unspecified atom stereocenters. The number of nitrogens with zero attached hydrogens (tertiary/aromatic N) is 3. The van der Waals surface area contributed by atoms with E-state index in [1.165, 1.54) is 0 Å². The van der Waals surface area contributed by atoms with Crippen molar-refractivity contribution in [3.8, 4) is 0 Å². The number of benzene rings is 1. The zero-order chi connectivity index (χ0) is 14.3. The van der Waals surface area contributed by atoms with Crippen LogP contribution in [-0.2, 0) is 7.05 Å². The highest BCUT2D eigenvalue weighted by molar-refractivity contribution is 6.45. The van der Waals surface area contributed by atoms with Crippen LogP contribution in [0.15, 0.2) is 29.1 Å². The van der Waals surface area contributed by atoms with Crippen molar-refractivity contribution in [1.82, 2.24) is 13.9 Å². The minimum Gasteiger partial charge on any atom is -0.437 e. The third kappa shape index (κ3) is 2.09. The van der Waals surface area contributed by atoms with Gasteiger partial charge in [-0.1, -0.05) is 12.1 Å².